The van der Waals surface area contributed by atoms with Crippen LogP contribution >= 0.6 is 0 Å². The summed E-state index contributed by atoms with van der Waals surface area (Å²) < 4.78 is 0. The summed E-state index contributed by atoms with van der Waals surface area (Å²) in [6, 6.07) is 6.76. The third kappa shape index (κ3) is 1.13. The average Bonchev–Trinajstić information content (AvgIpc) is 2.98. The predicted octanol–water partition coefficient (Wildman–Crippen LogP) is 2.07. The first-order valence-electron chi connectivity index (χ1n) is 9.10. The van der Waals surface area contributed by atoms with Crippen LogP contribution in [0.5, 0.6) is 5.75 Å². The van der Waals surface area contributed by atoms with Crippen molar-refractivity contribution in [2.45, 2.75) is 43.3 Å². The molecule has 5 aliphatic heterocycles. The molecule has 7 atom stereocenters. The van der Waals surface area contributed by atoms with E-state index in [9.17, 15) is 9.90 Å². The molecule has 0 amide bonds. The number of allylic oxidation sites excluding steroid dienone is 1. The SMILES string of the molecule is C/C=C1\CN2C3C[C@@H]1[C@@H]1C(=O)C4(C[C@@H]12)c1cccc(O)c1N(C)[C@@H]34. The minimum absolute atomic E-state index is 0.160. The number of likely N-dealkylation sites (N-methyl/N-ethyl adjacent to an activating group) is 1. The van der Waals surface area contributed by atoms with Gasteiger partial charge in [-0.2, -0.15) is 0 Å². The summed E-state index contributed by atoms with van der Waals surface area (Å²) in [6.45, 7) is 3.15. The van der Waals surface area contributed by atoms with Gasteiger partial charge < -0.3 is 10.0 Å². The Labute approximate surface area is 141 Å². The van der Waals surface area contributed by atoms with Gasteiger partial charge in [-0.25, -0.2) is 0 Å². The number of para-hydroxylation sites is 1. The van der Waals surface area contributed by atoms with Crippen LogP contribution in [0.15, 0.2) is 29.8 Å². The van der Waals surface area contributed by atoms with Gasteiger partial charge in [0.05, 0.1) is 17.1 Å². The fourth-order valence-electron chi connectivity index (χ4n) is 7.14. The maximum atomic E-state index is 13.8. The van der Waals surface area contributed by atoms with Gasteiger partial charge in [0.25, 0.3) is 0 Å². The van der Waals surface area contributed by atoms with E-state index in [0.29, 0.717) is 29.5 Å². The second-order valence-corrected chi connectivity index (χ2v) is 8.31. The normalized spacial score (nSPS) is 48.3. The summed E-state index contributed by atoms with van der Waals surface area (Å²) in [6.07, 6.45) is 4.27. The molecule has 5 bridgehead atoms. The van der Waals surface area contributed by atoms with Gasteiger partial charge in [-0.15, -0.1) is 0 Å². The molecule has 4 saturated heterocycles. The molecule has 1 spiro atoms. The summed E-state index contributed by atoms with van der Waals surface area (Å²) in [5.74, 6) is 1.37. The van der Waals surface area contributed by atoms with Crippen LogP contribution in [0.3, 0.4) is 0 Å². The molecule has 5 fully saturated rings. The molecule has 1 aliphatic carbocycles. The number of nitrogens with zero attached hydrogens (tertiary/aromatic N) is 2. The van der Waals surface area contributed by atoms with Gasteiger partial charge in [-0.1, -0.05) is 23.8 Å². The average molecular weight is 322 g/mol. The first-order valence-corrected chi connectivity index (χ1v) is 9.10. The lowest BCUT2D eigenvalue weighted by Crippen LogP contribution is -2.68. The Morgan fingerprint density at radius 2 is 2.17 bits per heavy atom. The van der Waals surface area contributed by atoms with Crippen LogP contribution < -0.4 is 4.90 Å². The number of ketones is 1. The van der Waals surface area contributed by atoms with Gasteiger partial charge >= 0.3 is 0 Å². The third-order valence-electron chi connectivity index (χ3n) is 7.82. The minimum atomic E-state index is -0.392. The first kappa shape index (κ1) is 13.5. The monoisotopic (exact) mass is 322 g/mol. The Morgan fingerprint density at radius 3 is 2.96 bits per heavy atom. The van der Waals surface area contributed by atoms with Crippen molar-refractivity contribution in [2.75, 3.05) is 18.5 Å². The number of fused-ring (bicyclic) bond motifs is 2. The number of carbonyl (C=O) groups excluding carboxylic acids is 1. The number of benzene rings is 1. The van der Waals surface area contributed by atoms with Crippen LogP contribution in [0, 0.1) is 11.8 Å². The van der Waals surface area contributed by atoms with Crippen molar-refractivity contribution in [2.24, 2.45) is 11.8 Å². The number of carbonyl (C=O) groups is 1. The van der Waals surface area contributed by atoms with Crippen molar-refractivity contribution in [3.63, 3.8) is 0 Å². The molecule has 1 N–H and O–H groups in total. The molecule has 4 heteroatoms. The van der Waals surface area contributed by atoms with Crippen molar-refractivity contribution in [1.82, 2.24) is 4.90 Å². The molecular weight excluding hydrogens is 300 g/mol. The summed E-state index contributed by atoms with van der Waals surface area (Å²) in [5, 5.41) is 10.5. The van der Waals surface area contributed by atoms with Crippen molar-refractivity contribution >= 4 is 11.5 Å². The maximum Gasteiger partial charge on any atom is 0.150 e. The maximum absolute atomic E-state index is 13.8. The number of rotatable bonds is 0. The zero-order chi connectivity index (χ0) is 16.4. The van der Waals surface area contributed by atoms with E-state index in [0.717, 1.165) is 30.6 Å². The smallest absolute Gasteiger partial charge is 0.150 e. The van der Waals surface area contributed by atoms with E-state index >= 15 is 0 Å². The molecule has 24 heavy (non-hydrogen) atoms. The van der Waals surface area contributed by atoms with Crippen molar-refractivity contribution in [3.8, 4) is 5.75 Å². The van der Waals surface area contributed by atoms with Gasteiger partial charge in [0.15, 0.2) is 5.78 Å². The van der Waals surface area contributed by atoms with E-state index in [1.54, 1.807) is 6.07 Å². The van der Waals surface area contributed by atoms with Crippen LogP contribution in [-0.4, -0.2) is 47.5 Å². The van der Waals surface area contributed by atoms with Crippen LogP contribution in [0.4, 0.5) is 5.69 Å². The second kappa shape index (κ2) is 3.88. The van der Waals surface area contributed by atoms with Gasteiger partial charge in [-0.05, 0) is 37.3 Å². The number of piperidine rings is 4. The highest BCUT2D eigenvalue weighted by atomic mass is 16.3. The van der Waals surface area contributed by atoms with Gasteiger partial charge in [-0.3, -0.25) is 9.69 Å². The molecule has 0 aromatic heterocycles. The molecule has 124 valence electrons. The quantitative estimate of drug-likeness (QED) is 0.743. The first-order chi connectivity index (χ1) is 11.6. The number of hydrogen-bond donors (Lipinski definition) is 1. The number of phenolic OH excluding ortho intramolecular Hbond substituents is 1. The van der Waals surface area contributed by atoms with Crippen molar-refractivity contribution < 1.29 is 9.90 Å². The van der Waals surface area contributed by atoms with E-state index in [2.05, 4.69) is 35.9 Å². The lowest BCUT2D eigenvalue weighted by Gasteiger charge is -2.58. The van der Waals surface area contributed by atoms with E-state index in [1.165, 1.54) is 5.57 Å². The molecule has 6 aliphatic rings. The Kier molecular flexibility index (Phi) is 2.18. The molecule has 1 aromatic rings. The molecule has 5 heterocycles. The lowest BCUT2D eigenvalue weighted by atomic mass is 9.65. The molecule has 4 nitrogen and oxygen atoms in total. The van der Waals surface area contributed by atoms with Crippen LogP contribution in [0.2, 0.25) is 0 Å². The molecule has 0 radical (unpaired) electrons. The van der Waals surface area contributed by atoms with Gasteiger partial charge in [0.1, 0.15) is 5.75 Å². The van der Waals surface area contributed by atoms with Gasteiger partial charge in [0, 0.05) is 31.6 Å². The zero-order valence-corrected chi connectivity index (χ0v) is 14.1. The fraction of sp³-hybridized carbons (Fsp3) is 0.550. The van der Waals surface area contributed by atoms with E-state index in [-0.39, 0.29) is 12.0 Å². The number of phenols is 1. The Hall–Kier alpha value is -1.81. The van der Waals surface area contributed by atoms with Gasteiger partial charge in [0.2, 0.25) is 0 Å². The number of Topliss-reactive ketones (excluding diaryl/α,β-unsaturated/α-hetero) is 1. The van der Waals surface area contributed by atoms with Crippen LogP contribution in [0.25, 0.3) is 0 Å². The van der Waals surface area contributed by atoms with E-state index < -0.39 is 5.41 Å². The molecular formula is C20H22N2O2. The fourth-order valence-corrected chi connectivity index (χ4v) is 7.14. The minimum Gasteiger partial charge on any atom is -0.506 e. The summed E-state index contributed by atoms with van der Waals surface area (Å²) in [7, 11) is 2.07. The Balaban J connectivity index is 1.64. The van der Waals surface area contributed by atoms with E-state index in [1.807, 2.05) is 6.07 Å². The summed E-state index contributed by atoms with van der Waals surface area (Å²) in [4.78, 5) is 18.6. The highest BCUT2D eigenvalue weighted by Gasteiger charge is 2.74. The lowest BCUT2D eigenvalue weighted by molar-refractivity contribution is -0.126. The predicted molar refractivity (Wildman–Crippen MR) is 91.2 cm³/mol. The summed E-state index contributed by atoms with van der Waals surface area (Å²) >= 11 is 0. The van der Waals surface area contributed by atoms with Crippen molar-refractivity contribution in [3.05, 3.63) is 35.4 Å². The Morgan fingerprint density at radius 1 is 1.33 bits per heavy atom. The zero-order valence-electron chi connectivity index (χ0n) is 14.1. The largest absolute Gasteiger partial charge is 0.506 e. The van der Waals surface area contributed by atoms with Crippen LogP contribution in [0.1, 0.15) is 25.3 Å². The third-order valence-corrected chi connectivity index (χ3v) is 7.82. The standard InChI is InChI=1S/C20H22N2O2/c1-3-10-9-22-13-7-11(10)16-14(22)8-20(19(16)24)12-5-4-6-15(23)17(12)21(2)18(13)20/h3-6,11,13-14,16,18,23H,7-9H2,1-2H3/b10-3+/t11-,13?,14-,16-,18-,20?/m0/s1. The highest BCUT2D eigenvalue weighted by Crippen LogP contribution is 2.67. The Bertz CT molecular complexity index is 831. The number of hydrogen-bond acceptors (Lipinski definition) is 4. The topological polar surface area (TPSA) is 43.8 Å². The van der Waals surface area contributed by atoms with Crippen molar-refractivity contribution in [1.29, 1.82) is 0 Å². The highest BCUT2D eigenvalue weighted by molar-refractivity contribution is 6.02. The summed E-state index contributed by atoms with van der Waals surface area (Å²) in [5.41, 5.74) is 3.06. The molecule has 7 rings (SSSR count). The van der Waals surface area contributed by atoms with Crippen LogP contribution in [-0.2, 0) is 10.2 Å². The number of aromatic hydroxyl groups is 1. The molecule has 3 unspecified atom stereocenters. The number of anilines is 1. The molecule has 1 aromatic carbocycles. The van der Waals surface area contributed by atoms with E-state index in [4.69, 9.17) is 0 Å². The molecule has 1 saturated carbocycles. The second-order valence-electron chi connectivity index (χ2n) is 8.31.